The van der Waals surface area contributed by atoms with Crippen LogP contribution in [0.1, 0.15) is 23.7 Å². The Morgan fingerprint density at radius 2 is 2.31 bits per heavy atom. The van der Waals surface area contributed by atoms with Crippen LogP contribution < -0.4 is 0 Å². The van der Waals surface area contributed by atoms with Gasteiger partial charge in [0.05, 0.1) is 12.2 Å². The van der Waals surface area contributed by atoms with E-state index in [0.717, 1.165) is 11.8 Å². The fourth-order valence-corrected chi connectivity index (χ4v) is 1.36. The number of fused-ring (bicyclic) bond motifs is 1. The minimum Gasteiger partial charge on any atom is -0.462 e. The van der Waals surface area contributed by atoms with Crippen molar-refractivity contribution in [3.8, 4) is 0 Å². The van der Waals surface area contributed by atoms with Crippen molar-refractivity contribution < 1.29 is 9.53 Å². The van der Waals surface area contributed by atoms with Crippen molar-refractivity contribution in [3.63, 3.8) is 0 Å². The Morgan fingerprint density at radius 1 is 1.44 bits per heavy atom. The summed E-state index contributed by atoms with van der Waals surface area (Å²) in [5, 5.41) is 0.841. The van der Waals surface area contributed by atoms with E-state index in [4.69, 9.17) is 4.74 Å². The fourth-order valence-electron chi connectivity index (χ4n) is 1.36. The summed E-state index contributed by atoms with van der Waals surface area (Å²) < 4.78 is 5.03. The predicted molar refractivity (Wildman–Crippen MR) is 60.1 cm³/mol. The van der Waals surface area contributed by atoms with Gasteiger partial charge in [-0.3, -0.25) is 0 Å². The molecule has 0 saturated carbocycles. The van der Waals surface area contributed by atoms with Gasteiger partial charge in [0.1, 0.15) is 0 Å². The van der Waals surface area contributed by atoms with Crippen LogP contribution >= 0.6 is 0 Å². The molecule has 0 unspecified atom stereocenters. The van der Waals surface area contributed by atoms with Crippen molar-refractivity contribution in [2.24, 2.45) is 0 Å². The van der Waals surface area contributed by atoms with Gasteiger partial charge in [-0.1, -0.05) is 6.92 Å². The van der Waals surface area contributed by atoms with E-state index in [1.807, 2.05) is 19.1 Å². The van der Waals surface area contributed by atoms with Crippen LogP contribution in [0.3, 0.4) is 0 Å². The van der Waals surface area contributed by atoms with E-state index in [9.17, 15) is 4.79 Å². The Bertz CT molecular complexity index is 511. The summed E-state index contributed by atoms with van der Waals surface area (Å²) in [6, 6.07) is 5.42. The van der Waals surface area contributed by atoms with Crippen molar-refractivity contribution in [1.82, 2.24) is 9.97 Å². The van der Waals surface area contributed by atoms with Crippen molar-refractivity contribution >= 4 is 17.0 Å². The summed E-state index contributed by atoms with van der Waals surface area (Å²) in [6.45, 7) is 2.39. The molecule has 2 aromatic rings. The van der Waals surface area contributed by atoms with Crippen molar-refractivity contribution in [2.75, 3.05) is 6.61 Å². The molecule has 0 atom stereocenters. The Labute approximate surface area is 93.3 Å². The zero-order valence-electron chi connectivity index (χ0n) is 9.01. The number of carbonyl (C=O) groups is 1. The summed E-state index contributed by atoms with van der Waals surface area (Å²) in [7, 11) is 0. The molecule has 0 radical (unpaired) electrons. The van der Waals surface area contributed by atoms with Gasteiger partial charge >= 0.3 is 5.97 Å². The number of esters is 1. The van der Waals surface area contributed by atoms with Gasteiger partial charge in [0.2, 0.25) is 0 Å². The molecule has 0 aromatic carbocycles. The smallest absolute Gasteiger partial charge is 0.339 e. The molecule has 0 aliphatic heterocycles. The van der Waals surface area contributed by atoms with E-state index in [1.54, 1.807) is 12.3 Å². The molecule has 4 heteroatoms. The molecule has 4 nitrogen and oxygen atoms in total. The minimum atomic E-state index is -0.333. The van der Waals surface area contributed by atoms with Gasteiger partial charge in [-0.05, 0) is 24.6 Å². The molecule has 0 saturated heterocycles. The first-order valence-corrected chi connectivity index (χ1v) is 5.19. The number of aromatic nitrogens is 2. The minimum absolute atomic E-state index is 0.333. The molecule has 0 fully saturated rings. The first-order chi connectivity index (χ1) is 7.81. The monoisotopic (exact) mass is 216 g/mol. The Kier molecular flexibility index (Phi) is 3.10. The van der Waals surface area contributed by atoms with Gasteiger partial charge in [0.15, 0.2) is 5.65 Å². The fraction of sp³-hybridized carbons (Fsp3) is 0.250. The molecule has 0 bridgehead atoms. The molecule has 82 valence electrons. The van der Waals surface area contributed by atoms with Crippen LogP contribution in [0.25, 0.3) is 11.0 Å². The average molecular weight is 216 g/mol. The first-order valence-electron chi connectivity index (χ1n) is 5.19. The van der Waals surface area contributed by atoms with Crippen molar-refractivity contribution in [1.29, 1.82) is 0 Å². The van der Waals surface area contributed by atoms with Crippen LogP contribution in [-0.4, -0.2) is 22.5 Å². The van der Waals surface area contributed by atoms with Crippen LogP contribution in [-0.2, 0) is 4.74 Å². The highest BCUT2D eigenvalue weighted by Crippen LogP contribution is 2.11. The maximum absolute atomic E-state index is 11.6. The van der Waals surface area contributed by atoms with E-state index >= 15 is 0 Å². The number of hydrogen-bond acceptors (Lipinski definition) is 4. The van der Waals surface area contributed by atoms with E-state index in [2.05, 4.69) is 9.97 Å². The van der Waals surface area contributed by atoms with Crippen LogP contribution in [0.5, 0.6) is 0 Å². The van der Waals surface area contributed by atoms with E-state index in [0.29, 0.717) is 17.8 Å². The molecule has 0 amide bonds. The summed E-state index contributed by atoms with van der Waals surface area (Å²) in [6.07, 6.45) is 3.98. The van der Waals surface area contributed by atoms with Crippen LogP contribution in [0.2, 0.25) is 0 Å². The zero-order chi connectivity index (χ0) is 11.4. The Balaban J connectivity index is 2.28. The summed E-state index contributed by atoms with van der Waals surface area (Å²) in [5.41, 5.74) is 1.10. The maximum atomic E-state index is 11.6. The first kappa shape index (κ1) is 10.5. The standard InChI is InChI=1S/C12H12N2O2/c1-2-6-16-12(15)10-7-9-4-3-5-13-11(9)14-8-10/h3-5,7-8H,2,6H2,1H3. The third-order valence-electron chi connectivity index (χ3n) is 2.13. The third-order valence-corrected chi connectivity index (χ3v) is 2.13. The summed E-state index contributed by atoms with van der Waals surface area (Å²) >= 11 is 0. The second-order valence-corrected chi connectivity index (χ2v) is 3.41. The normalized spacial score (nSPS) is 10.3. The van der Waals surface area contributed by atoms with Gasteiger partial charge in [-0.2, -0.15) is 0 Å². The number of carbonyl (C=O) groups excluding carboxylic acids is 1. The number of nitrogens with zero attached hydrogens (tertiary/aromatic N) is 2. The van der Waals surface area contributed by atoms with E-state index in [1.165, 1.54) is 6.20 Å². The van der Waals surface area contributed by atoms with Gasteiger partial charge in [0.25, 0.3) is 0 Å². The summed E-state index contributed by atoms with van der Waals surface area (Å²) in [4.78, 5) is 19.7. The van der Waals surface area contributed by atoms with E-state index in [-0.39, 0.29) is 5.97 Å². The highest BCUT2D eigenvalue weighted by atomic mass is 16.5. The lowest BCUT2D eigenvalue weighted by atomic mass is 10.2. The molecule has 16 heavy (non-hydrogen) atoms. The lowest BCUT2D eigenvalue weighted by Gasteiger charge is -2.03. The zero-order valence-corrected chi connectivity index (χ0v) is 9.01. The predicted octanol–water partition coefficient (Wildman–Crippen LogP) is 2.20. The quantitative estimate of drug-likeness (QED) is 0.738. The van der Waals surface area contributed by atoms with Gasteiger partial charge < -0.3 is 4.74 Å². The lowest BCUT2D eigenvalue weighted by molar-refractivity contribution is 0.0505. The van der Waals surface area contributed by atoms with Crippen molar-refractivity contribution in [3.05, 3.63) is 36.2 Å². The summed E-state index contributed by atoms with van der Waals surface area (Å²) in [5.74, 6) is -0.333. The number of hydrogen-bond donors (Lipinski definition) is 0. The largest absolute Gasteiger partial charge is 0.462 e. The second kappa shape index (κ2) is 4.70. The number of rotatable bonds is 3. The van der Waals surface area contributed by atoms with Crippen LogP contribution in [0.15, 0.2) is 30.6 Å². The highest BCUT2D eigenvalue weighted by Gasteiger charge is 2.08. The lowest BCUT2D eigenvalue weighted by Crippen LogP contribution is -2.06. The van der Waals surface area contributed by atoms with Gasteiger partial charge in [-0.25, -0.2) is 14.8 Å². The molecule has 2 rings (SSSR count). The van der Waals surface area contributed by atoms with Gasteiger partial charge in [0, 0.05) is 17.8 Å². The highest BCUT2D eigenvalue weighted by molar-refractivity contribution is 5.92. The topological polar surface area (TPSA) is 52.1 Å². The van der Waals surface area contributed by atoms with E-state index < -0.39 is 0 Å². The second-order valence-electron chi connectivity index (χ2n) is 3.41. The molecule has 2 heterocycles. The molecule has 0 aliphatic carbocycles. The molecular weight excluding hydrogens is 204 g/mol. The average Bonchev–Trinajstić information content (AvgIpc) is 2.35. The SMILES string of the molecule is CCCOC(=O)c1cnc2ncccc2c1. The van der Waals surface area contributed by atoms with Crippen LogP contribution in [0.4, 0.5) is 0 Å². The third kappa shape index (κ3) is 2.16. The van der Waals surface area contributed by atoms with Crippen molar-refractivity contribution in [2.45, 2.75) is 13.3 Å². The molecule has 2 aromatic heterocycles. The molecule has 0 spiro atoms. The molecular formula is C12H12N2O2. The number of pyridine rings is 2. The Morgan fingerprint density at radius 3 is 3.12 bits per heavy atom. The van der Waals surface area contributed by atoms with Gasteiger partial charge in [-0.15, -0.1) is 0 Å². The number of ether oxygens (including phenoxy) is 1. The molecule has 0 N–H and O–H groups in total. The Hall–Kier alpha value is -1.97. The maximum Gasteiger partial charge on any atom is 0.339 e. The molecule has 0 aliphatic rings. The van der Waals surface area contributed by atoms with Crippen LogP contribution in [0, 0.1) is 0 Å².